The Morgan fingerprint density at radius 1 is 0.377 bits per heavy atom. The summed E-state index contributed by atoms with van der Waals surface area (Å²) in [6, 6.07) is 0. The van der Waals surface area contributed by atoms with Crippen LogP contribution in [0.1, 0.15) is 290 Å². The minimum absolute atomic E-state index is 0.0632. The molecule has 0 saturated carbocycles. The summed E-state index contributed by atoms with van der Waals surface area (Å²) in [5, 5.41) is 9.64. The van der Waals surface area contributed by atoms with Crippen molar-refractivity contribution in [2.24, 2.45) is 0 Å². The molecule has 0 amide bonds. The second kappa shape index (κ2) is 52.5. The molecule has 1 unspecified atom stereocenters. The molecule has 5 heteroatoms. The third kappa shape index (κ3) is 50.6. The van der Waals surface area contributed by atoms with Gasteiger partial charge < -0.3 is 14.6 Å². The molecule has 0 radical (unpaired) electrons. The topological polar surface area (TPSA) is 72.8 Å². The van der Waals surface area contributed by atoms with E-state index in [1.165, 1.54) is 212 Å². The maximum Gasteiger partial charge on any atom is 0.306 e. The van der Waals surface area contributed by atoms with Crippen LogP contribution >= 0.6 is 0 Å². The zero-order chi connectivity index (χ0) is 44.2. The molecule has 0 fully saturated rings. The van der Waals surface area contributed by atoms with Gasteiger partial charge >= 0.3 is 11.9 Å². The van der Waals surface area contributed by atoms with E-state index in [0.717, 1.165) is 51.4 Å². The molecule has 61 heavy (non-hydrogen) atoms. The fourth-order valence-corrected chi connectivity index (χ4v) is 8.09. The van der Waals surface area contributed by atoms with Crippen molar-refractivity contribution in [1.29, 1.82) is 0 Å². The minimum Gasteiger partial charge on any atom is -0.462 e. The molecule has 0 aromatic heterocycles. The quantitative estimate of drug-likeness (QED) is 0.0375. The van der Waals surface area contributed by atoms with Crippen LogP contribution < -0.4 is 0 Å². The van der Waals surface area contributed by atoms with Crippen LogP contribution in [-0.2, 0) is 19.1 Å². The number of hydrogen-bond donors (Lipinski definition) is 1. The van der Waals surface area contributed by atoms with Crippen molar-refractivity contribution in [1.82, 2.24) is 0 Å². The first-order chi connectivity index (χ1) is 30.1. The third-order valence-electron chi connectivity index (χ3n) is 12.2. The van der Waals surface area contributed by atoms with Crippen LogP contribution in [0.2, 0.25) is 0 Å². The van der Waals surface area contributed by atoms with Gasteiger partial charge in [0.1, 0.15) is 6.61 Å². The lowest BCUT2D eigenvalue weighted by molar-refractivity contribution is -0.161. The Morgan fingerprint density at radius 2 is 0.656 bits per heavy atom. The van der Waals surface area contributed by atoms with Gasteiger partial charge in [0, 0.05) is 12.8 Å². The van der Waals surface area contributed by atoms with Gasteiger partial charge in [-0.25, -0.2) is 0 Å². The number of ether oxygens (including phenoxy) is 2. The van der Waals surface area contributed by atoms with Gasteiger partial charge in [-0.1, -0.05) is 262 Å². The first-order valence-corrected chi connectivity index (χ1v) is 27.0. The minimum atomic E-state index is -0.772. The molecule has 0 spiro atoms. The second-order valence-corrected chi connectivity index (χ2v) is 18.3. The Balaban J connectivity index is 3.47. The summed E-state index contributed by atoms with van der Waals surface area (Å²) in [5.41, 5.74) is 0. The van der Waals surface area contributed by atoms with Crippen molar-refractivity contribution in [3.63, 3.8) is 0 Å². The Labute approximate surface area is 380 Å². The summed E-state index contributed by atoms with van der Waals surface area (Å²) < 4.78 is 10.7. The zero-order valence-corrected chi connectivity index (χ0v) is 40.9. The smallest absolute Gasteiger partial charge is 0.306 e. The molecule has 0 aliphatic rings. The van der Waals surface area contributed by atoms with Gasteiger partial charge in [0.05, 0.1) is 6.61 Å². The molecule has 0 aromatic carbocycles. The Morgan fingerprint density at radius 3 is 0.984 bits per heavy atom. The number of hydrogen-bond acceptors (Lipinski definition) is 5. The molecule has 0 heterocycles. The van der Waals surface area contributed by atoms with E-state index in [2.05, 4.69) is 50.3 Å². The third-order valence-corrected chi connectivity index (χ3v) is 12.2. The van der Waals surface area contributed by atoms with Crippen molar-refractivity contribution in [3.05, 3.63) is 36.5 Å². The maximum absolute atomic E-state index is 12.3. The Bertz CT molecular complexity index is 970. The molecule has 1 atom stereocenters. The molecule has 0 aliphatic heterocycles. The van der Waals surface area contributed by atoms with Crippen LogP contribution in [0.5, 0.6) is 0 Å². The molecule has 0 aliphatic carbocycles. The van der Waals surface area contributed by atoms with E-state index in [-0.39, 0.29) is 25.2 Å². The van der Waals surface area contributed by atoms with E-state index in [4.69, 9.17) is 9.47 Å². The van der Waals surface area contributed by atoms with E-state index >= 15 is 0 Å². The van der Waals surface area contributed by atoms with E-state index in [9.17, 15) is 14.7 Å². The predicted molar refractivity (Wildman–Crippen MR) is 265 cm³/mol. The van der Waals surface area contributed by atoms with Crippen LogP contribution in [0.25, 0.3) is 0 Å². The number of aliphatic hydroxyl groups is 1. The summed E-state index contributed by atoms with van der Waals surface area (Å²) in [6.07, 6.45) is 66.8. The van der Waals surface area contributed by atoms with Crippen LogP contribution in [0.15, 0.2) is 36.5 Å². The highest BCUT2D eigenvalue weighted by Crippen LogP contribution is 2.17. The van der Waals surface area contributed by atoms with Crippen LogP contribution in [0.4, 0.5) is 0 Å². The lowest BCUT2D eigenvalue weighted by Crippen LogP contribution is -2.28. The van der Waals surface area contributed by atoms with Gasteiger partial charge in [-0.2, -0.15) is 0 Å². The first kappa shape index (κ1) is 59.1. The van der Waals surface area contributed by atoms with Gasteiger partial charge in [0.15, 0.2) is 6.10 Å². The summed E-state index contributed by atoms with van der Waals surface area (Å²) in [6.45, 7) is 4.17. The second-order valence-electron chi connectivity index (χ2n) is 18.3. The van der Waals surface area contributed by atoms with Crippen molar-refractivity contribution in [3.8, 4) is 0 Å². The fraction of sp³-hybridized carbons (Fsp3) is 0.857. The summed E-state index contributed by atoms with van der Waals surface area (Å²) in [5.74, 6) is -0.580. The number of carbonyl (C=O) groups is 2. The monoisotopic (exact) mass is 857 g/mol. The molecular weight excluding hydrogens is 753 g/mol. The summed E-state index contributed by atoms with van der Waals surface area (Å²) in [4.78, 5) is 24.5. The van der Waals surface area contributed by atoms with Gasteiger partial charge in [-0.05, 0) is 51.4 Å². The Kier molecular flexibility index (Phi) is 50.8. The number of allylic oxidation sites excluding steroid dienone is 6. The van der Waals surface area contributed by atoms with Crippen molar-refractivity contribution >= 4 is 11.9 Å². The number of carbonyl (C=O) groups excluding carboxylic acids is 2. The average molecular weight is 857 g/mol. The lowest BCUT2D eigenvalue weighted by Gasteiger charge is -2.15. The average Bonchev–Trinajstić information content (AvgIpc) is 3.26. The van der Waals surface area contributed by atoms with Crippen molar-refractivity contribution < 1.29 is 24.2 Å². The molecule has 5 nitrogen and oxygen atoms in total. The number of unbranched alkanes of at least 4 members (excludes halogenated alkanes) is 36. The first-order valence-electron chi connectivity index (χ1n) is 27.0. The van der Waals surface area contributed by atoms with E-state index < -0.39 is 6.10 Å². The van der Waals surface area contributed by atoms with E-state index in [1.807, 2.05) is 0 Å². The fourth-order valence-electron chi connectivity index (χ4n) is 8.09. The SMILES string of the molecule is CCCCCCC/C=C\C/C=C\C/C=C\CCCCCCCCCCCCC(=O)OC(CO)COC(=O)CCCCCCCCCCCCCCCCCCCCCCCC. The molecule has 1 N–H and O–H groups in total. The van der Waals surface area contributed by atoms with Gasteiger partial charge in [0.2, 0.25) is 0 Å². The molecule has 0 aromatic rings. The highest BCUT2D eigenvalue weighted by Gasteiger charge is 2.16. The summed E-state index contributed by atoms with van der Waals surface area (Å²) in [7, 11) is 0. The van der Waals surface area contributed by atoms with Gasteiger partial charge in [0.25, 0.3) is 0 Å². The highest BCUT2D eigenvalue weighted by molar-refractivity contribution is 5.70. The molecule has 0 rings (SSSR count). The standard InChI is InChI=1S/C56H104O5/c1-3-5-7-9-11-13-15-17-19-21-23-25-27-28-29-31-33-35-37-39-41-43-45-47-49-51-56(59)61-54(52-57)53-60-55(58)50-48-46-44-42-40-38-36-34-32-30-26-24-22-20-18-16-14-12-10-8-6-4-2/h15,17,21,23,27-28,54,57H,3-14,16,18-20,22,24-26,29-53H2,1-2H3/b17-15-,23-21-,28-27-. The summed E-state index contributed by atoms with van der Waals surface area (Å²) >= 11 is 0. The Hall–Kier alpha value is -1.88. The predicted octanol–water partition coefficient (Wildman–Crippen LogP) is 17.9. The van der Waals surface area contributed by atoms with Crippen LogP contribution in [0.3, 0.4) is 0 Å². The van der Waals surface area contributed by atoms with E-state index in [0.29, 0.717) is 12.8 Å². The zero-order valence-electron chi connectivity index (χ0n) is 40.9. The highest BCUT2D eigenvalue weighted by atomic mass is 16.6. The van der Waals surface area contributed by atoms with Gasteiger partial charge in [-0.3, -0.25) is 9.59 Å². The van der Waals surface area contributed by atoms with E-state index in [1.54, 1.807) is 0 Å². The maximum atomic E-state index is 12.3. The normalized spacial score (nSPS) is 12.4. The van der Waals surface area contributed by atoms with Crippen LogP contribution in [-0.4, -0.2) is 36.4 Å². The molecule has 0 saturated heterocycles. The van der Waals surface area contributed by atoms with Crippen molar-refractivity contribution in [2.75, 3.05) is 13.2 Å². The van der Waals surface area contributed by atoms with Crippen LogP contribution in [0, 0.1) is 0 Å². The van der Waals surface area contributed by atoms with Gasteiger partial charge in [-0.15, -0.1) is 0 Å². The number of aliphatic hydroxyl groups excluding tert-OH is 1. The molecular formula is C56H104O5. The molecule has 0 bridgehead atoms. The number of esters is 2. The largest absolute Gasteiger partial charge is 0.462 e. The lowest BCUT2D eigenvalue weighted by atomic mass is 10.0. The van der Waals surface area contributed by atoms with Crippen molar-refractivity contribution in [2.45, 2.75) is 296 Å². The number of rotatable bonds is 50. The molecule has 358 valence electrons.